The molecule has 5 rings (SSSR count). The van der Waals surface area contributed by atoms with Gasteiger partial charge in [-0.2, -0.15) is 0 Å². The Morgan fingerprint density at radius 3 is 2.42 bits per heavy atom. The summed E-state index contributed by atoms with van der Waals surface area (Å²) in [6.07, 6.45) is 3.01. The van der Waals surface area contributed by atoms with Crippen molar-refractivity contribution in [3.05, 3.63) is 79.1 Å². The summed E-state index contributed by atoms with van der Waals surface area (Å²) in [6.45, 7) is 6.41. The summed E-state index contributed by atoms with van der Waals surface area (Å²) < 4.78 is 5.46. The van der Waals surface area contributed by atoms with Crippen molar-refractivity contribution in [3.8, 4) is 11.3 Å². The van der Waals surface area contributed by atoms with Crippen LogP contribution in [0.15, 0.2) is 73.6 Å². The van der Waals surface area contributed by atoms with E-state index < -0.39 is 0 Å². The minimum absolute atomic E-state index is 0.123. The van der Waals surface area contributed by atoms with Gasteiger partial charge < -0.3 is 25.3 Å². The van der Waals surface area contributed by atoms with Gasteiger partial charge in [-0.15, -0.1) is 0 Å². The number of amides is 2. The number of carbonyl (C=O) groups is 2. The number of nitrogens with one attached hydrogen (secondary N) is 3. The van der Waals surface area contributed by atoms with Gasteiger partial charge in [-0.1, -0.05) is 30.8 Å². The van der Waals surface area contributed by atoms with E-state index in [-0.39, 0.29) is 18.2 Å². The average molecular weight is 483 g/mol. The van der Waals surface area contributed by atoms with E-state index in [4.69, 9.17) is 4.74 Å². The highest BCUT2D eigenvalue weighted by atomic mass is 16.5. The van der Waals surface area contributed by atoms with Crippen molar-refractivity contribution in [2.24, 2.45) is 0 Å². The zero-order valence-corrected chi connectivity index (χ0v) is 19.7. The van der Waals surface area contributed by atoms with Gasteiger partial charge >= 0.3 is 0 Å². The lowest BCUT2D eigenvalue weighted by Crippen LogP contribution is -2.36. The number of anilines is 3. The number of hydrogen-bond acceptors (Lipinski definition) is 6. The van der Waals surface area contributed by atoms with Crippen molar-refractivity contribution < 1.29 is 14.3 Å². The van der Waals surface area contributed by atoms with Crippen molar-refractivity contribution in [3.63, 3.8) is 0 Å². The molecule has 9 heteroatoms. The Balaban J connectivity index is 1.24. The second kappa shape index (κ2) is 10.4. The highest BCUT2D eigenvalue weighted by Crippen LogP contribution is 2.29. The summed E-state index contributed by atoms with van der Waals surface area (Å²) in [4.78, 5) is 38.4. The number of aromatic nitrogens is 3. The summed E-state index contributed by atoms with van der Waals surface area (Å²) >= 11 is 0. The Morgan fingerprint density at radius 1 is 1.00 bits per heavy atom. The van der Waals surface area contributed by atoms with Crippen LogP contribution in [0.4, 0.5) is 17.2 Å². The lowest BCUT2D eigenvalue weighted by Gasteiger charge is -2.27. The molecule has 3 N–H and O–H groups in total. The molecule has 0 aliphatic carbocycles. The van der Waals surface area contributed by atoms with Crippen LogP contribution in [0.25, 0.3) is 22.3 Å². The first kappa shape index (κ1) is 23.3. The molecule has 0 saturated carbocycles. The molecule has 0 radical (unpaired) electrons. The zero-order chi connectivity index (χ0) is 24.9. The van der Waals surface area contributed by atoms with Crippen molar-refractivity contribution >= 4 is 40.0 Å². The second-order valence-electron chi connectivity index (χ2n) is 8.43. The van der Waals surface area contributed by atoms with Crippen LogP contribution in [0.5, 0.6) is 0 Å². The first-order valence-electron chi connectivity index (χ1n) is 11.7. The number of aromatic amines is 1. The molecule has 9 nitrogen and oxygen atoms in total. The maximum Gasteiger partial charge on any atom is 0.247 e. The van der Waals surface area contributed by atoms with Gasteiger partial charge in [-0.05, 0) is 47.5 Å². The van der Waals surface area contributed by atoms with Crippen LogP contribution in [0.3, 0.4) is 0 Å². The van der Waals surface area contributed by atoms with Gasteiger partial charge in [-0.3, -0.25) is 9.59 Å². The van der Waals surface area contributed by atoms with Crippen LogP contribution >= 0.6 is 0 Å². The Bertz CT molecular complexity index is 1390. The van der Waals surface area contributed by atoms with Crippen LogP contribution < -0.4 is 15.5 Å². The maximum absolute atomic E-state index is 12.5. The summed E-state index contributed by atoms with van der Waals surface area (Å²) in [5.41, 5.74) is 4.91. The van der Waals surface area contributed by atoms with Crippen LogP contribution in [-0.4, -0.2) is 53.1 Å². The van der Waals surface area contributed by atoms with E-state index in [1.165, 1.54) is 6.08 Å². The monoisotopic (exact) mass is 482 g/mol. The fourth-order valence-corrected chi connectivity index (χ4v) is 4.13. The Hall–Kier alpha value is -4.50. The normalized spacial score (nSPS) is 13.4. The maximum atomic E-state index is 12.5. The fraction of sp³-hybridized carbons (Fsp3) is 0.185. The molecule has 2 amide bonds. The molecule has 182 valence electrons. The summed E-state index contributed by atoms with van der Waals surface area (Å²) in [5.74, 6) is 0.509. The molecule has 1 aliphatic rings. The molecule has 0 atom stereocenters. The highest BCUT2D eigenvalue weighted by molar-refractivity contribution is 5.99. The smallest absolute Gasteiger partial charge is 0.247 e. The third kappa shape index (κ3) is 5.26. The molecule has 4 aromatic rings. The molecular weight excluding hydrogens is 456 g/mol. The lowest BCUT2D eigenvalue weighted by atomic mass is 10.1. The van der Waals surface area contributed by atoms with Gasteiger partial charge in [0, 0.05) is 30.2 Å². The minimum atomic E-state index is -0.276. The van der Waals surface area contributed by atoms with Crippen LogP contribution in [-0.2, 0) is 20.7 Å². The molecule has 1 aliphatic heterocycles. The number of nitrogens with zero attached hydrogens (tertiary/aromatic N) is 3. The van der Waals surface area contributed by atoms with E-state index >= 15 is 0 Å². The second-order valence-corrected chi connectivity index (χ2v) is 8.43. The zero-order valence-electron chi connectivity index (χ0n) is 19.7. The molecule has 3 heterocycles. The number of hydrogen-bond donors (Lipinski definition) is 3. The topological polar surface area (TPSA) is 112 Å². The summed E-state index contributed by atoms with van der Waals surface area (Å²) in [5, 5.41) is 6.59. The fourth-order valence-electron chi connectivity index (χ4n) is 4.13. The van der Waals surface area contributed by atoms with E-state index in [9.17, 15) is 9.59 Å². The lowest BCUT2D eigenvalue weighted by molar-refractivity contribution is -0.115. The van der Waals surface area contributed by atoms with Gasteiger partial charge in [0.15, 0.2) is 0 Å². The Kier molecular flexibility index (Phi) is 6.72. The molecule has 1 saturated heterocycles. The van der Waals surface area contributed by atoms with Crippen molar-refractivity contribution in [2.45, 2.75) is 6.42 Å². The van der Waals surface area contributed by atoms with Gasteiger partial charge in [-0.25, -0.2) is 9.97 Å². The standard InChI is InChI=1S/C27H26N6O3/c1-2-24(34)30-20-7-3-18(4-8-20)15-25(35)31-21-9-5-19(6-10-21)23-16-22-26(32-23)28-17-29-27(22)33-11-13-36-14-12-33/h2-10,16-17H,1,11-15H2,(H,30,34)(H,31,35)(H,28,29,32). The summed E-state index contributed by atoms with van der Waals surface area (Å²) in [7, 11) is 0. The number of morpholine rings is 1. The van der Waals surface area contributed by atoms with E-state index in [1.807, 2.05) is 36.4 Å². The van der Waals surface area contributed by atoms with Crippen LogP contribution in [0, 0.1) is 0 Å². The third-order valence-corrected chi connectivity index (χ3v) is 5.97. The minimum Gasteiger partial charge on any atom is -0.378 e. The Morgan fingerprint density at radius 2 is 1.69 bits per heavy atom. The molecule has 2 aromatic heterocycles. The predicted molar refractivity (Wildman–Crippen MR) is 140 cm³/mol. The van der Waals surface area contributed by atoms with Crippen LogP contribution in [0.1, 0.15) is 5.56 Å². The van der Waals surface area contributed by atoms with Crippen molar-refractivity contribution in [1.29, 1.82) is 0 Å². The number of carbonyl (C=O) groups excluding carboxylic acids is 2. The number of fused-ring (bicyclic) bond motifs is 1. The first-order chi connectivity index (χ1) is 17.6. The van der Waals surface area contributed by atoms with Crippen molar-refractivity contribution in [2.75, 3.05) is 41.8 Å². The van der Waals surface area contributed by atoms with E-state index in [2.05, 4.69) is 43.1 Å². The number of ether oxygens (including phenoxy) is 1. The van der Waals surface area contributed by atoms with Gasteiger partial charge in [0.1, 0.15) is 17.8 Å². The molecular formula is C27H26N6O3. The number of H-pyrrole nitrogens is 1. The highest BCUT2D eigenvalue weighted by Gasteiger charge is 2.17. The van der Waals surface area contributed by atoms with Crippen LogP contribution in [0.2, 0.25) is 0 Å². The van der Waals surface area contributed by atoms with Gasteiger partial charge in [0.2, 0.25) is 11.8 Å². The van der Waals surface area contributed by atoms with Gasteiger partial charge in [0.25, 0.3) is 0 Å². The average Bonchev–Trinajstić information content (AvgIpc) is 3.35. The SMILES string of the molecule is C=CC(=O)Nc1ccc(CC(=O)Nc2ccc(-c3cc4c(N5CCOCC5)ncnc4[nH]3)cc2)cc1. The third-order valence-electron chi connectivity index (χ3n) is 5.97. The molecule has 1 fully saturated rings. The molecule has 36 heavy (non-hydrogen) atoms. The number of rotatable bonds is 7. The number of benzene rings is 2. The quantitative estimate of drug-likeness (QED) is 0.346. The van der Waals surface area contributed by atoms with Gasteiger partial charge in [0.05, 0.1) is 25.0 Å². The molecule has 2 aromatic carbocycles. The van der Waals surface area contributed by atoms with E-state index in [1.54, 1.807) is 18.5 Å². The van der Waals surface area contributed by atoms with Crippen molar-refractivity contribution in [1.82, 2.24) is 15.0 Å². The largest absolute Gasteiger partial charge is 0.378 e. The molecule has 0 bridgehead atoms. The molecule has 0 spiro atoms. The van der Waals surface area contributed by atoms with E-state index in [0.717, 1.165) is 46.8 Å². The Labute approximate surface area is 208 Å². The summed E-state index contributed by atoms with van der Waals surface area (Å²) in [6, 6.07) is 16.9. The predicted octanol–water partition coefficient (Wildman–Crippen LogP) is 3.77. The first-order valence-corrected chi connectivity index (χ1v) is 11.7. The molecule has 0 unspecified atom stereocenters. The van der Waals surface area contributed by atoms with E-state index in [0.29, 0.717) is 24.6 Å².